The molecule has 1 aromatic carbocycles. The molecule has 0 amide bonds. The number of aromatic nitrogens is 1. The molecule has 0 saturated carbocycles. The molecule has 0 atom stereocenters. The zero-order valence-electron chi connectivity index (χ0n) is 13.3. The Hall–Kier alpha value is -1.87. The maximum absolute atomic E-state index is 5.87. The molecule has 21 heavy (non-hydrogen) atoms. The van der Waals surface area contributed by atoms with Crippen molar-refractivity contribution in [3.8, 4) is 11.6 Å². The summed E-state index contributed by atoms with van der Waals surface area (Å²) in [6, 6.07) is 10.2. The average Bonchev–Trinajstić information content (AvgIpc) is 2.42. The molecule has 2 N–H and O–H groups in total. The van der Waals surface area contributed by atoms with Gasteiger partial charge in [-0.3, -0.25) is 0 Å². The summed E-state index contributed by atoms with van der Waals surface area (Å²) in [4.78, 5) is 4.33. The maximum Gasteiger partial charge on any atom is 0.219 e. The molecule has 3 nitrogen and oxygen atoms in total. The summed E-state index contributed by atoms with van der Waals surface area (Å²) in [6.45, 7) is 9.32. The van der Waals surface area contributed by atoms with Crippen LogP contribution in [0.15, 0.2) is 36.5 Å². The topological polar surface area (TPSA) is 48.1 Å². The van der Waals surface area contributed by atoms with E-state index in [4.69, 9.17) is 10.5 Å². The molecule has 0 unspecified atom stereocenters. The predicted molar refractivity (Wildman–Crippen MR) is 86.9 cm³/mol. The molecule has 2 aromatic rings. The van der Waals surface area contributed by atoms with Crippen LogP contribution < -0.4 is 10.5 Å². The van der Waals surface area contributed by atoms with E-state index >= 15 is 0 Å². The second kappa shape index (κ2) is 6.27. The molecule has 112 valence electrons. The molecule has 2 rings (SSSR count). The van der Waals surface area contributed by atoms with Crippen LogP contribution in [0.4, 0.5) is 0 Å². The number of rotatable bonds is 4. The van der Waals surface area contributed by atoms with Crippen LogP contribution in [0.25, 0.3) is 0 Å². The molecule has 1 heterocycles. The lowest BCUT2D eigenvalue weighted by molar-refractivity contribution is 0.458. The molecule has 1 aromatic heterocycles. The minimum Gasteiger partial charge on any atom is -0.439 e. The first-order chi connectivity index (χ1) is 9.90. The van der Waals surface area contributed by atoms with Gasteiger partial charge in [0.2, 0.25) is 5.88 Å². The van der Waals surface area contributed by atoms with Crippen LogP contribution >= 0.6 is 0 Å². The standard InChI is InChI=1S/C18H24N2O/c1-13-11-15(18(2,3)4)6-7-16(13)21-17-8-5-14(9-10-19)12-20-17/h5-8,11-12H,9-10,19H2,1-4H3. The summed E-state index contributed by atoms with van der Waals surface area (Å²) in [7, 11) is 0. The smallest absolute Gasteiger partial charge is 0.219 e. The number of aryl methyl sites for hydroxylation is 1. The third-order valence-electron chi connectivity index (χ3n) is 3.49. The van der Waals surface area contributed by atoms with E-state index in [0.717, 1.165) is 23.3 Å². The van der Waals surface area contributed by atoms with Crippen molar-refractivity contribution in [2.75, 3.05) is 6.54 Å². The molecular formula is C18H24N2O. The van der Waals surface area contributed by atoms with Crippen molar-refractivity contribution in [1.29, 1.82) is 0 Å². The van der Waals surface area contributed by atoms with Gasteiger partial charge in [-0.25, -0.2) is 4.98 Å². The highest BCUT2D eigenvalue weighted by atomic mass is 16.5. The summed E-state index contributed by atoms with van der Waals surface area (Å²) < 4.78 is 5.87. The Labute approximate surface area is 127 Å². The van der Waals surface area contributed by atoms with Crippen molar-refractivity contribution in [3.63, 3.8) is 0 Å². The molecule has 0 saturated heterocycles. The van der Waals surface area contributed by atoms with E-state index in [2.05, 4.69) is 44.8 Å². The van der Waals surface area contributed by atoms with Crippen LogP contribution in [0.2, 0.25) is 0 Å². The first kappa shape index (κ1) is 15.5. The van der Waals surface area contributed by atoms with Crippen molar-refractivity contribution in [2.24, 2.45) is 5.73 Å². The summed E-state index contributed by atoms with van der Waals surface area (Å²) in [6.07, 6.45) is 2.66. The number of nitrogens with zero attached hydrogens (tertiary/aromatic N) is 1. The van der Waals surface area contributed by atoms with Crippen LogP contribution in [-0.2, 0) is 11.8 Å². The highest BCUT2D eigenvalue weighted by Gasteiger charge is 2.15. The highest BCUT2D eigenvalue weighted by Crippen LogP contribution is 2.29. The monoisotopic (exact) mass is 284 g/mol. The number of hydrogen-bond acceptors (Lipinski definition) is 3. The number of benzene rings is 1. The zero-order chi connectivity index (χ0) is 15.5. The van der Waals surface area contributed by atoms with Crippen LogP contribution in [-0.4, -0.2) is 11.5 Å². The molecule has 0 fully saturated rings. The Balaban J connectivity index is 2.16. The minimum absolute atomic E-state index is 0.144. The average molecular weight is 284 g/mol. The summed E-state index contributed by atoms with van der Waals surface area (Å²) in [5.41, 5.74) is 9.23. The van der Waals surface area contributed by atoms with Crippen LogP contribution in [0, 0.1) is 6.92 Å². The van der Waals surface area contributed by atoms with Gasteiger partial charge in [-0.15, -0.1) is 0 Å². The Morgan fingerprint density at radius 3 is 2.43 bits per heavy atom. The minimum atomic E-state index is 0.144. The molecule has 0 aliphatic heterocycles. The highest BCUT2D eigenvalue weighted by molar-refractivity contribution is 5.40. The number of hydrogen-bond donors (Lipinski definition) is 1. The largest absolute Gasteiger partial charge is 0.439 e. The van der Waals surface area contributed by atoms with Gasteiger partial charge in [0.05, 0.1) is 0 Å². The molecule has 0 bridgehead atoms. The van der Waals surface area contributed by atoms with Crippen molar-refractivity contribution in [3.05, 3.63) is 53.2 Å². The zero-order valence-corrected chi connectivity index (χ0v) is 13.3. The fraction of sp³-hybridized carbons (Fsp3) is 0.389. The number of ether oxygens (including phenoxy) is 1. The molecule has 3 heteroatoms. The van der Waals surface area contributed by atoms with Gasteiger partial charge in [0, 0.05) is 12.3 Å². The van der Waals surface area contributed by atoms with Gasteiger partial charge in [0.15, 0.2) is 0 Å². The SMILES string of the molecule is Cc1cc(C(C)(C)C)ccc1Oc1ccc(CCN)cn1. The molecular weight excluding hydrogens is 260 g/mol. The van der Waals surface area contributed by atoms with Gasteiger partial charge in [0.1, 0.15) is 5.75 Å². The maximum atomic E-state index is 5.87. The molecule has 0 aliphatic rings. The van der Waals surface area contributed by atoms with Gasteiger partial charge >= 0.3 is 0 Å². The van der Waals surface area contributed by atoms with E-state index in [1.165, 1.54) is 5.56 Å². The van der Waals surface area contributed by atoms with Crippen LogP contribution in [0.3, 0.4) is 0 Å². The first-order valence-corrected chi connectivity index (χ1v) is 7.34. The summed E-state index contributed by atoms with van der Waals surface area (Å²) in [5, 5.41) is 0. The number of nitrogens with two attached hydrogens (primary N) is 1. The van der Waals surface area contributed by atoms with Gasteiger partial charge in [-0.05, 0) is 48.1 Å². The normalized spacial score (nSPS) is 11.5. The number of pyridine rings is 1. The van der Waals surface area contributed by atoms with Crippen molar-refractivity contribution < 1.29 is 4.74 Å². The van der Waals surface area contributed by atoms with E-state index in [1.807, 2.05) is 24.4 Å². The Kier molecular flexibility index (Phi) is 4.63. The van der Waals surface area contributed by atoms with Crippen LogP contribution in [0.5, 0.6) is 11.6 Å². The van der Waals surface area contributed by atoms with Gasteiger partial charge in [0.25, 0.3) is 0 Å². The quantitative estimate of drug-likeness (QED) is 0.923. The fourth-order valence-electron chi connectivity index (χ4n) is 2.13. The van der Waals surface area contributed by atoms with Gasteiger partial charge in [-0.1, -0.05) is 39.0 Å². The van der Waals surface area contributed by atoms with Crippen LogP contribution in [0.1, 0.15) is 37.5 Å². The molecule has 0 aliphatic carbocycles. The summed E-state index contributed by atoms with van der Waals surface area (Å²) >= 11 is 0. The fourth-order valence-corrected chi connectivity index (χ4v) is 2.13. The molecule has 0 spiro atoms. The Morgan fingerprint density at radius 2 is 1.90 bits per heavy atom. The second-order valence-electron chi connectivity index (χ2n) is 6.38. The second-order valence-corrected chi connectivity index (χ2v) is 6.38. The van der Waals surface area contributed by atoms with Crippen molar-refractivity contribution >= 4 is 0 Å². The van der Waals surface area contributed by atoms with Gasteiger partial charge < -0.3 is 10.5 Å². The third kappa shape index (κ3) is 4.05. The van der Waals surface area contributed by atoms with E-state index in [9.17, 15) is 0 Å². The van der Waals surface area contributed by atoms with E-state index < -0.39 is 0 Å². The molecule has 0 radical (unpaired) electrons. The van der Waals surface area contributed by atoms with E-state index in [1.54, 1.807) is 0 Å². The predicted octanol–water partition coefficient (Wildman–Crippen LogP) is 3.98. The van der Waals surface area contributed by atoms with Crippen molar-refractivity contribution in [2.45, 2.75) is 39.5 Å². The van der Waals surface area contributed by atoms with E-state index in [-0.39, 0.29) is 5.41 Å². The third-order valence-corrected chi connectivity index (χ3v) is 3.49. The lowest BCUT2D eigenvalue weighted by Crippen LogP contribution is -2.11. The van der Waals surface area contributed by atoms with Gasteiger partial charge in [-0.2, -0.15) is 0 Å². The van der Waals surface area contributed by atoms with E-state index in [0.29, 0.717) is 12.4 Å². The Bertz CT molecular complexity index is 598. The first-order valence-electron chi connectivity index (χ1n) is 7.34. The summed E-state index contributed by atoms with van der Waals surface area (Å²) in [5.74, 6) is 1.46. The van der Waals surface area contributed by atoms with Crippen molar-refractivity contribution in [1.82, 2.24) is 4.98 Å². The lowest BCUT2D eigenvalue weighted by Gasteiger charge is -2.20. The lowest BCUT2D eigenvalue weighted by atomic mass is 9.86. The Morgan fingerprint density at radius 1 is 1.14 bits per heavy atom.